The highest BCUT2D eigenvalue weighted by Crippen LogP contribution is 2.45. The van der Waals surface area contributed by atoms with Crippen LogP contribution in [0, 0.1) is 5.41 Å². The molecule has 0 aliphatic carbocycles. The van der Waals surface area contributed by atoms with E-state index in [0.717, 1.165) is 19.3 Å². The third-order valence-electron chi connectivity index (χ3n) is 4.24. The lowest BCUT2D eigenvalue weighted by molar-refractivity contribution is -0.151. The van der Waals surface area contributed by atoms with Crippen LogP contribution in [-0.4, -0.2) is 55.9 Å². The van der Waals surface area contributed by atoms with Crippen LogP contribution < -0.4 is 0 Å². The summed E-state index contributed by atoms with van der Waals surface area (Å²) in [6.45, 7) is 0.235. The predicted molar refractivity (Wildman–Crippen MR) is 114 cm³/mol. The number of thiol groups is 4. The van der Waals surface area contributed by atoms with E-state index in [-0.39, 0.29) is 6.61 Å². The van der Waals surface area contributed by atoms with E-state index in [9.17, 15) is 20.1 Å². The van der Waals surface area contributed by atoms with Gasteiger partial charge in [0.1, 0.15) is 6.61 Å². The van der Waals surface area contributed by atoms with Gasteiger partial charge in [0.15, 0.2) is 4.08 Å². The van der Waals surface area contributed by atoms with E-state index in [0.29, 0.717) is 6.42 Å². The zero-order chi connectivity index (χ0) is 19.6. The van der Waals surface area contributed by atoms with Gasteiger partial charge in [0, 0.05) is 0 Å². The van der Waals surface area contributed by atoms with Gasteiger partial charge in [0.05, 0.1) is 29.3 Å². The zero-order valence-electron chi connectivity index (χ0n) is 14.7. The lowest BCUT2D eigenvalue weighted by atomic mass is 9.92. The van der Waals surface area contributed by atoms with Gasteiger partial charge in [0.2, 0.25) is 0 Å². The van der Waals surface area contributed by atoms with E-state index in [1.54, 1.807) is 0 Å². The SMILES string of the molecule is CCCCCCCCC(S)(S)C(S)(S)C(=O)OCC(CO)(CO)CO. The fourth-order valence-electron chi connectivity index (χ4n) is 2.10. The van der Waals surface area contributed by atoms with Gasteiger partial charge in [0.25, 0.3) is 0 Å². The number of hydrogen-bond acceptors (Lipinski definition) is 9. The fraction of sp³-hybridized carbons (Fsp3) is 0.938. The van der Waals surface area contributed by atoms with Gasteiger partial charge in [-0.05, 0) is 6.42 Å². The van der Waals surface area contributed by atoms with E-state index in [1.807, 2.05) is 0 Å². The molecule has 0 rings (SSSR count). The summed E-state index contributed by atoms with van der Waals surface area (Å²) in [7, 11) is 0. The van der Waals surface area contributed by atoms with Gasteiger partial charge in [-0.2, -0.15) is 25.3 Å². The summed E-state index contributed by atoms with van der Waals surface area (Å²) in [4.78, 5) is 12.4. The number of carbonyl (C=O) groups excluding carboxylic acids is 1. The Balaban J connectivity index is 4.60. The standard InChI is InChI=1S/C16H32O5S4/c1-2-3-4-5-6-7-8-15(22,23)16(24,25)13(20)21-12-14(9-17,10-18)11-19/h17-19,22-25H,2-12H2,1H3. The van der Waals surface area contributed by atoms with Crippen LogP contribution in [0.1, 0.15) is 51.9 Å². The van der Waals surface area contributed by atoms with Gasteiger partial charge in [-0.15, -0.1) is 25.3 Å². The van der Waals surface area contributed by atoms with E-state index in [4.69, 9.17) is 4.74 Å². The summed E-state index contributed by atoms with van der Waals surface area (Å²) in [6.07, 6.45) is 7.06. The van der Waals surface area contributed by atoms with Crippen LogP contribution in [0.5, 0.6) is 0 Å². The Bertz CT molecular complexity index is 378. The van der Waals surface area contributed by atoms with Gasteiger partial charge >= 0.3 is 5.97 Å². The summed E-state index contributed by atoms with van der Waals surface area (Å²) in [5.74, 6) is -0.783. The second-order valence-electron chi connectivity index (χ2n) is 6.56. The van der Waals surface area contributed by atoms with Crippen molar-refractivity contribution >= 4 is 56.5 Å². The van der Waals surface area contributed by atoms with Crippen LogP contribution in [0.4, 0.5) is 0 Å². The molecule has 0 heterocycles. The molecule has 0 aliphatic heterocycles. The highest BCUT2D eigenvalue weighted by Gasteiger charge is 2.49. The summed E-state index contributed by atoms with van der Waals surface area (Å²) >= 11 is 17.5. The van der Waals surface area contributed by atoms with Crippen molar-refractivity contribution in [1.29, 1.82) is 0 Å². The maximum Gasteiger partial charge on any atom is 0.334 e. The molecule has 150 valence electrons. The lowest BCUT2D eigenvalue weighted by Crippen LogP contribution is -2.47. The van der Waals surface area contributed by atoms with E-state index < -0.39 is 39.4 Å². The fourth-order valence-corrected chi connectivity index (χ4v) is 2.95. The Labute approximate surface area is 172 Å². The molecule has 0 unspecified atom stereocenters. The zero-order valence-corrected chi connectivity index (χ0v) is 18.3. The second kappa shape index (κ2) is 12.3. The molecule has 0 saturated heterocycles. The maximum atomic E-state index is 12.4. The first kappa shape index (κ1) is 25.8. The van der Waals surface area contributed by atoms with Crippen molar-refractivity contribution in [3.8, 4) is 0 Å². The minimum absolute atomic E-state index is 0.354. The van der Waals surface area contributed by atoms with E-state index in [1.165, 1.54) is 19.3 Å². The van der Waals surface area contributed by atoms with Gasteiger partial charge in [-0.3, -0.25) is 0 Å². The summed E-state index contributed by atoms with van der Waals surface area (Å²) in [6, 6.07) is 0. The van der Waals surface area contributed by atoms with Crippen molar-refractivity contribution in [2.24, 2.45) is 5.41 Å². The number of hydrogen-bond donors (Lipinski definition) is 7. The quantitative estimate of drug-likeness (QED) is 0.0991. The number of esters is 1. The Kier molecular flexibility index (Phi) is 12.6. The molecular weight excluding hydrogens is 400 g/mol. The molecule has 5 nitrogen and oxygen atoms in total. The highest BCUT2D eigenvalue weighted by atomic mass is 32.2. The number of aliphatic hydroxyl groups is 3. The third-order valence-corrected chi connectivity index (χ3v) is 7.19. The molecule has 3 N–H and O–H groups in total. The molecule has 25 heavy (non-hydrogen) atoms. The minimum atomic E-state index is -1.57. The molecule has 0 atom stereocenters. The van der Waals surface area contributed by atoms with E-state index in [2.05, 4.69) is 57.4 Å². The van der Waals surface area contributed by atoms with Crippen LogP contribution in [-0.2, 0) is 9.53 Å². The Morgan fingerprint density at radius 1 is 0.880 bits per heavy atom. The molecule has 0 spiro atoms. The van der Waals surface area contributed by atoms with Crippen molar-refractivity contribution < 1.29 is 24.9 Å². The molecule has 0 radical (unpaired) electrons. The van der Waals surface area contributed by atoms with Crippen molar-refractivity contribution in [2.45, 2.75) is 60.0 Å². The summed E-state index contributed by atoms with van der Waals surface area (Å²) < 4.78 is 2.44. The average molecular weight is 433 g/mol. The molecule has 0 aromatic rings. The van der Waals surface area contributed by atoms with E-state index >= 15 is 0 Å². The Morgan fingerprint density at radius 2 is 1.36 bits per heavy atom. The first-order chi connectivity index (χ1) is 11.6. The molecule has 0 aromatic heterocycles. The average Bonchev–Trinajstić information content (AvgIpc) is 2.59. The number of unbranched alkanes of at least 4 members (excludes halogenated alkanes) is 5. The largest absolute Gasteiger partial charge is 0.463 e. The Hall–Kier alpha value is 0.750. The number of aliphatic hydroxyl groups excluding tert-OH is 3. The maximum absolute atomic E-state index is 12.4. The summed E-state index contributed by atoms with van der Waals surface area (Å²) in [5.41, 5.74) is -1.30. The van der Waals surface area contributed by atoms with Crippen molar-refractivity contribution in [2.75, 3.05) is 26.4 Å². The predicted octanol–water partition coefficient (Wildman–Crippen LogP) is 2.36. The van der Waals surface area contributed by atoms with Crippen molar-refractivity contribution in [3.63, 3.8) is 0 Å². The van der Waals surface area contributed by atoms with Crippen molar-refractivity contribution in [3.05, 3.63) is 0 Å². The first-order valence-electron chi connectivity index (χ1n) is 8.51. The highest BCUT2D eigenvalue weighted by molar-refractivity contribution is 8.09. The van der Waals surface area contributed by atoms with Crippen LogP contribution in [0.2, 0.25) is 0 Å². The molecule has 0 bridgehead atoms. The Morgan fingerprint density at radius 3 is 1.84 bits per heavy atom. The lowest BCUT2D eigenvalue weighted by Gasteiger charge is -2.37. The number of carbonyl (C=O) groups is 1. The smallest absolute Gasteiger partial charge is 0.334 e. The molecule has 0 amide bonds. The van der Waals surface area contributed by atoms with Crippen LogP contribution in [0.25, 0.3) is 0 Å². The molecule has 0 saturated carbocycles. The molecule has 0 fully saturated rings. The third kappa shape index (κ3) is 8.11. The molecular formula is C16H32O5S4. The monoisotopic (exact) mass is 432 g/mol. The van der Waals surface area contributed by atoms with Crippen molar-refractivity contribution in [1.82, 2.24) is 0 Å². The van der Waals surface area contributed by atoms with Gasteiger partial charge in [-0.1, -0.05) is 45.4 Å². The topological polar surface area (TPSA) is 87.0 Å². The second-order valence-corrected chi connectivity index (χ2v) is 10.1. The van der Waals surface area contributed by atoms with Crippen LogP contribution in [0.3, 0.4) is 0 Å². The van der Waals surface area contributed by atoms with Gasteiger partial charge in [-0.25, -0.2) is 4.79 Å². The number of ether oxygens (including phenoxy) is 1. The molecule has 9 heteroatoms. The normalized spacial score (nSPS) is 13.1. The minimum Gasteiger partial charge on any atom is -0.463 e. The van der Waals surface area contributed by atoms with Crippen LogP contribution in [0.15, 0.2) is 0 Å². The van der Waals surface area contributed by atoms with Gasteiger partial charge < -0.3 is 20.1 Å². The molecule has 0 aromatic carbocycles. The summed E-state index contributed by atoms with van der Waals surface area (Å²) in [5, 5.41) is 27.8. The molecule has 0 aliphatic rings. The van der Waals surface area contributed by atoms with Crippen LogP contribution >= 0.6 is 50.5 Å². The number of rotatable bonds is 14. The first-order valence-corrected chi connectivity index (χ1v) is 10.3.